The van der Waals surface area contributed by atoms with Gasteiger partial charge in [0.05, 0.1) is 11.6 Å². The summed E-state index contributed by atoms with van der Waals surface area (Å²) in [5, 5.41) is 3.49. The minimum absolute atomic E-state index is 0.366. The lowest BCUT2D eigenvalue weighted by molar-refractivity contribution is 0.0764. The number of para-hydroxylation sites is 1. The number of hydrogen-bond donors (Lipinski definition) is 0. The Balaban J connectivity index is 1.53. The Morgan fingerprint density at radius 1 is 0.909 bits per heavy atom. The number of halogens is 2. The monoisotopic (exact) mass is 472 g/mol. The van der Waals surface area contributed by atoms with E-state index in [9.17, 15) is 0 Å². The molecule has 2 heterocycles. The molecule has 0 amide bonds. The van der Waals surface area contributed by atoms with Crippen molar-refractivity contribution in [3.63, 3.8) is 0 Å². The van der Waals surface area contributed by atoms with Crippen molar-refractivity contribution < 1.29 is 4.74 Å². The number of aliphatic imine (C=N–C) groups is 1. The molecule has 0 radical (unpaired) electrons. The predicted molar refractivity (Wildman–Crippen MR) is 138 cm³/mol. The van der Waals surface area contributed by atoms with Crippen LogP contribution in [-0.2, 0) is 12.0 Å². The van der Waals surface area contributed by atoms with Gasteiger partial charge in [-0.1, -0.05) is 77.8 Å². The molecule has 1 spiro atoms. The summed E-state index contributed by atoms with van der Waals surface area (Å²) in [6.07, 6.45) is 1.98. The molecule has 0 saturated carbocycles. The first kappa shape index (κ1) is 20.6. The van der Waals surface area contributed by atoms with Gasteiger partial charge in [-0.15, -0.1) is 0 Å². The van der Waals surface area contributed by atoms with Gasteiger partial charge in [-0.3, -0.25) is 4.99 Å². The molecule has 4 aromatic carbocycles. The van der Waals surface area contributed by atoms with Gasteiger partial charge in [0, 0.05) is 27.7 Å². The molecule has 3 nitrogen and oxygen atoms in total. The molecule has 0 aliphatic carbocycles. The number of anilines is 1. The second-order valence-electron chi connectivity index (χ2n) is 9.15. The molecular weight excluding hydrogens is 451 g/mol. The third-order valence-electron chi connectivity index (χ3n) is 7.01. The molecule has 33 heavy (non-hydrogen) atoms. The average molecular weight is 473 g/mol. The van der Waals surface area contributed by atoms with Crippen molar-refractivity contribution >= 4 is 51.6 Å². The lowest BCUT2D eigenvalue weighted by Gasteiger charge is -2.46. The summed E-state index contributed by atoms with van der Waals surface area (Å²) in [5.74, 6) is 0.782. The second kappa shape index (κ2) is 7.24. The van der Waals surface area contributed by atoms with Crippen molar-refractivity contribution in [1.29, 1.82) is 0 Å². The van der Waals surface area contributed by atoms with Gasteiger partial charge in [-0.25, -0.2) is 0 Å². The molecule has 6 rings (SSSR count). The molecular formula is C28H22Cl2N2O. The van der Waals surface area contributed by atoms with Crippen molar-refractivity contribution in [1.82, 2.24) is 0 Å². The summed E-state index contributed by atoms with van der Waals surface area (Å²) >= 11 is 12.8. The molecule has 0 saturated heterocycles. The number of fused-ring (bicyclic) bond motifs is 4. The van der Waals surface area contributed by atoms with Gasteiger partial charge < -0.3 is 9.64 Å². The lowest BCUT2D eigenvalue weighted by atomic mass is 9.77. The molecule has 2 aliphatic rings. The van der Waals surface area contributed by atoms with Crippen LogP contribution in [0.2, 0.25) is 10.0 Å². The molecule has 0 fully saturated rings. The summed E-state index contributed by atoms with van der Waals surface area (Å²) in [6.45, 7) is 4.99. The van der Waals surface area contributed by atoms with Crippen molar-refractivity contribution in [3.8, 4) is 5.75 Å². The maximum atomic E-state index is 6.94. The first-order valence-electron chi connectivity index (χ1n) is 11.0. The molecule has 0 N–H and O–H groups in total. The molecule has 0 aromatic heterocycles. The summed E-state index contributed by atoms with van der Waals surface area (Å²) in [7, 11) is 0. The highest BCUT2D eigenvalue weighted by Gasteiger charge is 2.59. The highest BCUT2D eigenvalue weighted by molar-refractivity contribution is 6.35. The van der Waals surface area contributed by atoms with Crippen LogP contribution in [-0.4, -0.2) is 11.9 Å². The molecule has 0 bridgehead atoms. The first-order chi connectivity index (χ1) is 15.9. The van der Waals surface area contributed by atoms with Crippen LogP contribution in [0.3, 0.4) is 0 Å². The quantitative estimate of drug-likeness (QED) is 0.295. The Morgan fingerprint density at radius 2 is 1.70 bits per heavy atom. The minimum Gasteiger partial charge on any atom is -0.459 e. The standard InChI is InChI=1S/C28H22Cl2N2O/c1-27(2)22-9-5-6-10-24(22)32(16-19-11-13-20(29)15-23(19)30)28(27)17-31-26-21-8-4-3-7-18(21)12-14-25(26)33-28/h3-15,17H,16H2,1-2H3/t28-/m0/s1. The molecule has 164 valence electrons. The van der Waals surface area contributed by atoms with Crippen molar-refractivity contribution in [3.05, 3.63) is 100 Å². The lowest BCUT2D eigenvalue weighted by Crippen LogP contribution is -2.61. The number of ether oxygens (including phenoxy) is 1. The highest BCUT2D eigenvalue weighted by atomic mass is 35.5. The van der Waals surface area contributed by atoms with Crippen LogP contribution in [0, 0.1) is 0 Å². The number of nitrogens with zero attached hydrogens (tertiary/aromatic N) is 2. The maximum absolute atomic E-state index is 6.94. The zero-order valence-corrected chi connectivity index (χ0v) is 19.9. The van der Waals surface area contributed by atoms with Crippen LogP contribution in [0.15, 0.2) is 83.9 Å². The third kappa shape index (κ3) is 2.92. The van der Waals surface area contributed by atoms with Gasteiger partial charge in [-0.2, -0.15) is 0 Å². The van der Waals surface area contributed by atoms with Gasteiger partial charge in [0.15, 0.2) is 0 Å². The van der Waals surface area contributed by atoms with E-state index in [1.807, 2.05) is 36.5 Å². The van der Waals surface area contributed by atoms with E-state index in [1.165, 1.54) is 5.56 Å². The van der Waals surface area contributed by atoms with E-state index in [-0.39, 0.29) is 5.41 Å². The van der Waals surface area contributed by atoms with E-state index >= 15 is 0 Å². The van der Waals surface area contributed by atoms with E-state index in [0.29, 0.717) is 16.6 Å². The van der Waals surface area contributed by atoms with Gasteiger partial charge in [-0.05, 0) is 54.6 Å². The Morgan fingerprint density at radius 3 is 2.55 bits per heavy atom. The summed E-state index contributed by atoms with van der Waals surface area (Å²) < 4.78 is 6.94. The summed E-state index contributed by atoms with van der Waals surface area (Å²) in [4.78, 5) is 7.29. The third-order valence-corrected chi connectivity index (χ3v) is 7.59. The van der Waals surface area contributed by atoms with Crippen LogP contribution in [0.1, 0.15) is 25.0 Å². The zero-order chi connectivity index (χ0) is 22.8. The van der Waals surface area contributed by atoms with E-state index in [4.69, 9.17) is 32.9 Å². The Labute approximate surface area is 203 Å². The predicted octanol–water partition coefficient (Wildman–Crippen LogP) is 7.94. The number of hydrogen-bond acceptors (Lipinski definition) is 3. The molecule has 4 aromatic rings. The van der Waals surface area contributed by atoms with E-state index < -0.39 is 5.72 Å². The van der Waals surface area contributed by atoms with E-state index in [1.54, 1.807) is 6.07 Å². The van der Waals surface area contributed by atoms with Crippen LogP contribution in [0.25, 0.3) is 10.8 Å². The average Bonchev–Trinajstić information content (AvgIpc) is 2.99. The topological polar surface area (TPSA) is 24.8 Å². The fraction of sp³-hybridized carbons (Fsp3) is 0.179. The second-order valence-corrected chi connectivity index (χ2v) is 10.00. The fourth-order valence-electron chi connectivity index (χ4n) is 5.18. The fourth-order valence-corrected chi connectivity index (χ4v) is 5.65. The van der Waals surface area contributed by atoms with Gasteiger partial charge >= 0.3 is 0 Å². The highest BCUT2D eigenvalue weighted by Crippen LogP contribution is 2.55. The van der Waals surface area contributed by atoms with Crippen LogP contribution < -0.4 is 9.64 Å². The van der Waals surface area contributed by atoms with E-state index in [2.05, 4.69) is 61.2 Å². The van der Waals surface area contributed by atoms with Crippen molar-refractivity contribution in [2.24, 2.45) is 4.99 Å². The first-order valence-corrected chi connectivity index (χ1v) is 11.7. The Bertz CT molecular complexity index is 1450. The minimum atomic E-state index is -0.810. The van der Waals surface area contributed by atoms with Crippen LogP contribution in [0.4, 0.5) is 11.4 Å². The zero-order valence-electron chi connectivity index (χ0n) is 18.3. The smallest absolute Gasteiger partial charge is 0.229 e. The van der Waals surface area contributed by atoms with Crippen LogP contribution in [0.5, 0.6) is 5.75 Å². The van der Waals surface area contributed by atoms with Crippen molar-refractivity contribution in [2.45, 2.75) is 31.5 Å². The molecule has 1 atom stereocenters. The normalized spacial score (nSPS) is 20.1. The van der Waals surface area contributed by atoms with Gasteiger partial charge in [0.1, 0.15) is 11.4 Å². The summed E-state index contributed by atoms with van der Waals surface area (Å²) in [6, 6.07) is 26.5. The number of benzene rings is 4. The Kier molecular flexibility index (Phi) is 4.52. The van der Waals surface area contributed by atoms with Crippen molar-refractivity contribution in [2.75, 3.05) is 4.90 Å². The Hall–Kier alpha value is -3.01. The van der Waals surface area contributed by atoms with Gasteiger partial charge in [0.2, 0.25) is 5.72 Å². The molecule has 2 aliphatic heterocycles. The molecule has 0 unspecified atom stereocenters. The number of rotatable bonds is 2. The maximum Gasteiger partial charge on any atom is 0.229 e. The molecule has 5 heteroatoms. The summed E-state index contributed by atoms with van der Waals surface area (Å²) in [5.41, 5.74) is 3.00. The largest absolute Gasteiger partial charge is 0.459 e. The van der Waals surface area contributed by atoms with E-state index in [0.717, 1.165) is 33.5 Å². The van der Waals surface area contributed by atoms with Gasteiger partial charge in [0.25, 0.3) is 0 Å². The van der Waals surface area contributed by atoms with Crippen LogP contribution >= 0.6 is 23.2 Å². The SMILES string of the molecule is CC1(C)c2ccccc2N(Cc2ccc(Cl)cc2Cl)[C@]12C=Nc1c(ccc3ccccc13)O2.